The van der Waals surface area contributed by atoms with Crippen LogP contribution < -0.4 is 0 Å². The topological polar surface area (TPSA) is 0 Å². The molecule has 2 rings (SSSR count). The number of rotatable bonds is 10. The van der Waals surface area contributed by atoms with Crippen LogP contribution in [0.25, 0.3) is 0 Å². The second-order valence-corrected chi connectivity index (χ2v) is 13.8. The summed E-state index contributed by atoms with van der Waals surface area (Å²) in [4.78, 5) is 0. The molecule has 0 N–H and O–H groups in total. The molecule has 2 atom stereocenters. The van der Waals surface area contributed by atoms with E-state index in [-0.39, 0.29) is 26.5 Å². The first kappa shape index (κ1) is 37.9. The molecule has 0 saturated heterocycles. The molecule has 2 aliphatic rings. The monoisotopic (exact) mass is 733 g/mol. The smallest absolute Gasteiger partial charge is 0.00287 e. The normalized spacial score (nSPS) is 24.5. The van der Waals surface area contributed by atoms with Gasteiger partial charge in [-0.1, -0.05) is 159 Å². The van der Waals surface area contributed by atoms with Crippen molar-refractivity contribution in [2.75, 3.05) is 0 Å². The summed E-state index contributed by atoms with van der Waals surface area (Å²) >= 11 is 0. The van der Waals surface area contributed by atoms with Crippen LogP contribution in [0.1, 0.15) is 95.4 Å². The molecule has 0 aromatic rings. The Hall–Kier alpha value is -2.17. The van der Waals surface area contributed by atoms with Crippen molar-refractivity contribution in [3.63, 3.8) is 0 Å². The molecule has 1 heteroatoms. The third-order valence-electron chi connectivity index (χ3n) is 8.35. The zero-order chi connectivity index (χ0) is 30.6. The van der Waals surface area contributed by atoms with Crippen LogP contribution in [-0.4, -0.2) is 0 Å². The third kappa shape index (κ3) is 13.0. The SMILES string of the molecule is CC1=CC(C)CC(C)(C)C1/C=C/C(C)=C/C=C/C(C)=C/C=C/C=C(C)/C=C/C=C(C)/C=C/C1=C(C)C[CH-]CC1(C)C.[W]. The van der Waals surface area contributed by atoms with E-state index in [1.807, 2.05) is 0 Å². The maximum absolute atomic E-state index is 2.45. The van der Waals surface area contributed by atoms with E-state index in [0.29, 0.717) is 17.3 Å². The molecule has 0 aromatic carbocycles. The summed E-state index contributed by atoms with van der Waals surface area (Å²) in [5.74, 6) is 1.19. The Morgan fingerprint density at radius 1 is 0.762 bits per heavy atom. The Morgan fingerprint density at radius 3 is 1.79 bits per heavy atom. The minimum absolute atomic E-state index is 0. The fraction of sp³-hybridized carbons (Fsp3) is 0.439. The molecule has 0 aromatic heterocycles. The van der Waals surface area contributed by atoms with Gasteiger partial charge in [0.05, 0.1) is 0 Å². The molecule has 0 bridgehead atoms. The Kier molecular flexibility index (Phi) is 16.1. The van der Waals surface area contributed by atoms with E-state index < -0.39 is 0 Å². The first-order chi connectivity index (χ1) is 19.2. The standard InChI is InChI=1S/C41H57.W/c1-31(19-14-21-33(3)24-26-38-36(6)23-16-28-40(38,8)9)17-12-13-18-32(2)20-15-22-34(4)25-27-39-37(7)29-35(5)30-41(39,10)11;/h12-22,24-27,29,35,39H,23,28,30H2,1-11H3;/q-1;/b13-12+,19-14+,20-15+,26-24+,27-25+,31-17+,32-18+,33-21+,34-22+;. The van der Waals surface area contributed by atoms with Crippen LogP contribution in [0.3, 0.4) is 0 Å². The van der Waals surface area contributed by atoms with E-state index in [1.54, 1.807) is 0 Å². The van der Waals surface area contributed by atoms with Crippen molar-refractivity contribution < 1.29 is 21.1 Å². The molecule has 2 aliphatic carbocycles. The summed E-state index contributed by atoms with van der Waals surface area (Å²) < 4.78 is 0. The van der Waals surface area contributed by atoms with Crippen LogP contribution in [0.4, 0.5) is 0 Å². The van der Waals surface area contributed by atoms with Gasteiger partial charge in [0, 0.05) is 27.0 Å². The van der Waals surface area contributed by atoms with Crippen molar-refractivity contribution in [3.05, 3.63) is 137 Å². The van der Waals surface area contributed by atoms with E-state index in [4.69, 9.17) is 0 Å². The fourth-order valence-electron chi connectivity index (χ4n) is 6.21. The van der Waals surface area contributed by atoms with Crippen molar-refractivity contribution in [2.24, 2.45) is 22.7 Å². The molecular formula is C41H57W-. The van der Waals surface area contributed by atoms with E-state index in [9.17, 15) is 0 Å². The van der Waals surface area contributed by atoms with Crippen molar-refractivity contribution in [2.45, 2.75) is 95.4 Å². The van der Waals surface area contributed by atoms with Crippen LogP contribution >= 0.6 is 0 Å². The summed E-state index contributed by atoms with van der Waals surface area (Å²) in [5, 5.41) is 0. The van der Waals surface area contributed by atoms with Crippen LogP contribution in [-0.2, 0) is 21.1 Å². The molecule has 0 radical (unpaired) electrons. The van der Waals surface area contributed by atoms with Gasteiger partial charge >= 0.3 is 0 Å². The first-order valence-electron chi connectivity index (χ1n) is 15.5. The Labute approximate surface area is 274 Å². The van der Waals surface area contributed by atoms with Gasteiger partial charge in [-0.05, 0) is 70.3 Å². The zero-order valence-electron chi connectivity index (χ0n) is 28.4. The number of allylic oxidation sites excluding steroid dienone is 22. The van der Waals surface area contributed by atoms with Crippen molar-refractivity contribution in [1.82, 2.24) is 0 Å². The second-order valence-electron chi connectivity index (χ2n) is 13.8. The fourth-order valence-corrected chi connectivity index (χ4v) is 6.21. The molecule has 0 amide bonds. The van der Waals surface area contributed by atoms with Gasteiger partial charge in [-0.2, -0.15) is 12.8 Å². The van der Waals surface area contributed by atoms with Gasteiger partial charge in [0.25, 0.3) is 0 Å². The summed E-state index contributed by atoms with van der Waals surface area (Å²) in [6, 6.07) is 0. The average molecular weight is 734 g/mol. The van der Waals surface area contributed by atoms with E-state index in [1.165, 1.54) is 45.4 Å². The van der Waals surface area contributed by atoms with Crippen LogP contribution in [0.15, 0.2) is 130 Å². The van der Waals surface area contributed by atoms with E-state index in [0.717, 1.165) is 12.8 Å². The summed E-state index contributed by atoms with van der Waals surface area (Å²) in [5.41, 5.74) is 10.0. The van der Waals surface area contributed by atoms with Crippen molar-refractivity contribution >= 4 is 0 Å². The molecule has 0 aliphatic heterocycles. The molecule has 228 valence electrons. The van der Waals surface area contributed by atoms with Crippen LogP contribution in [0.2, 0.25) is 0 Å². The first-order valence-corrected chi connectivity index (χ1v) is 15.5. The van der Waals surface area contributed by atoms with Gasteiger partial charge in [0.1, 0.15) is 0 Å². The number of hydrogen-bond acceptors (Lipinski definition) is 0. The van der Waals surface area contributed by atoms with E-state index >= 15 is 0 Å². The second kappa shape index (κ2) is 17.8. The molecule has 0 heterocycles. The average Bonchev–Trinajstić information content (AvgIpc) is 2.84. The van der Waals surface area contributed by atoms with Gasteiger partial charge in [-0.25, -0.2) is 0 Å². The van der Waals surface area contributed by atoms with Gasteiger partial charge in [0.2, 0.25) is 0 Å². The molecule has 0 spiro atoms. The van der Waals surface area contributed by atoms with Crippen molar-refractivity contribution in [1.29, 1.82) is 0 Å². The molecular weight excluding hydrogens is 676 g/mol. The summed E-state index contributed by atoms with van der Waals surface area (Å²) in [6.07, 6.45) is 39.1. The quantitative estimate of drug-likeness (QED) is 0.119. The van der Waals surface area contributed by atoms with E-state index in [2.05, 4.69) is 174 Å². The number of hydrogen-bond donors (Lipinski definition) is 0. The van der Waals surface area contributed by atoms with Gasteiger partial charge in [-0.15, -0.1) is 0 Å². The third-order valence-corrected chi connectivity index (χ3v) is 8.35. The maximum atomic E-state index is 2.45. The van der Waals surface area contributed by atoms with Crippen molar-refractivity contribution in [3.8, 4) is 0 Å². The van der Waals surface area contributed by atoms with Gasteiger partial charge in [-0.3, -0.25) is 0 Å². The Balaban J connectivity index is 0.00000882. The van der Waals surface area contributed by atoms with Gasteiger partial charge in [0.15, 0.2) is 0 Å². The molecule has 42 heavy (non-hydrogen) atoms. The minimum Gasteiger partial charge on any atom is -0.324 e. The molecule has 2 unspecified atom stereocenters. The predicted molar refractivity (Wildman–Crippen MR) is 186 cm³/mol. The zero-order valence-corrected chi connectivity index (χ0v) is 31.4. The molecule has 0 nitrogen and oxygen atoms in total. The molecule has 0 fully saturated rings. The largest absolute Gasteiger partial charge is 0.324 e. The predicted octanol–water partition coefficient (Wildman–Crippen LogP) is 12.5. The summed E-state index contributed by atoms with van der Waals surface area (Å²) in [7, 11) is 0. The Bertz CT molecular complexity index is 1240. The Morgan fingerprint density at radius 2 is 1.26 bits per heavy atom. The van der Waals surface area contributed by atoms with Crippen LogP contribution in [0.5, 0.6) is 0 Å². The molecule has 0 saturated carbocycles. The summed E-state index contributed by atoms with van der Waals surface area (Å²) in [6.45, 7) is 25.0. The van der Waals surface area contributed by atoms with Gasteiger partial charge < -0.3 is 6.42 Å². The van der Waals surface area contributed by atoms with Crippen LogP contribution in [0, 0.1) is 29.1 Å². The minimum atomic E-state index is 0. The maximum Gasteiger partial charge on any atom is 0.00287 e.